The quantitative estimate of drug-likeness (QED) is 0.914. The number of piperidine rings is 1. The third-order valence-corrected chi connectivity index (χ3v) is 5.10. The van der Waals surface area contributed by atoms with E-state index in [-0.39, 0.29) is 6.04 Å². The molecule has 1 N–H and O–H groups in total. The minimum absolute atomic E-state index is 0.123. The molecule has 1 aliphatic heterocycles. The van der Waals surface area contributed by atoms with Crippen LogP contribution in [0.2, 0.25) is 0 Å². The van der Waals surface area contributed by atoms with Crippen molar-refractivity contribution in [2.75, 3.05) is 6.54 Å². The van der Waals surface area contributed by atoms with Crippen LogP contribution in [0.15, 0.2) is 36.5 Å². The molecule has 1 aromatic carbocycles. The van der Waals surface area contributed by atoms with Crippen molar-refractivity contribution >= 4 is 5.97 Å². The van der Waals surface area contributed by atoms with Crippen molar-refractivity contribution in [3.63, 3.8) is 0 Å². The first-order chi connectivity index (χ1) is 12.0. The number of carbonyl (C=O) groups is 1. The molecular weight excluding hydrogens is 312 g/mol. The van der Waals surface area contributed by atoms with Gasteiger partial charge in [0.05, 0.1) is 11.7 Å². The molecule has 0 spiro atoms. The van der Waals surface area contributed by atoms with Gasteiger partial charge in [-0.05, 0) is 62.9 Å². The number of carboxylic acid groups (broad SMARTS) is 1. The highest BCUT2D eigenvalue weighted by molar-refractivity contribution is 5.73. The van der Waals surface area contributed by atoms with Gasteiger partial charge in [0, 0.05) is 6.20 Å². The smallest absolute Gasteiger partial charge is 0.320 e. The second kappa shape index (κ2) is 7.36. The van der Waals surface area contributed by atoms with Gasteiger partial charge in [0.2, 0.25) is 0 Å². The Hall–Kier alpha value is -2.20. The lowest BCUT2D eigenvalue weighted by Crippen LogP contribution is -2.47. The largest absolute Gasteiger partial charge is 0.480 e. The number of nitrogens with zero attached hydrogens (tertiary/aromatic N) is 2. The zero-order chi connectivity index (χ0) is 18.0. The fourth-order valence-corrected chi connectivity index (χ4v) is 3.73. The van der Waals surface area contributed by atoms with Crippen molar-refractivity contribution in [1.82, 2.24) is 9.88 Å². The summed E-state index contributed by atoms with van der Waals surface area (Å²) in [6.07, 6.45) is 4.56. The molecule has 4 nitrogen and oxygen atoms in total. The molecule has 3 rings (SSSR count). The molecule has 2 unspecified atom stereocenters. The van der Waals surface area contributed by atoms with Crippen LogP contribution in [0.3, 0.4) is 0 Å². The molecule has 2 atom stereocenters. The van der Waals surface area contributed by atoms with Gasteiger partial charge in [-0.2, -0.15) is 0 Å². The molecule has 4 heteroatoms. The number of aliphatic carboxylic acids is 1. The molecule has 1 saturated heterocycles. The Morgan fingerprint density at radius 3 is 2.60 bits per heavy atom. The van der Waals surface area contributed by atoms with Gasteiger partial charge >= 0.3 is 5.97 Å². The van der Waals surface area contributed by atoms with Crippen LogP contribution in [-0.4, -0.2) is 33.5 Å². The zero-order valence-corrected chi connectivity index (χ0v) is 15.2. The van der Waals surface area contributed by atoms with Crippen molar-refractivity contribution in [2.45, 2.75) is 52.1 Å². The molecule has 2 heterocycles. The van der Waals surface area contributed by atoms with Gasteiger partial charge in [-0.1, -0.05) is 36.2 Å². The molecule has 0 bridgehead atoms. The summed E-state index contributed by atoms with van der Waals surface area (Å²) in [6, 6.07) is 9.91. The Bertz CT molecular complexity index is 755. The molecule has 0 amide bonds. The van der Waals surface area contributed by atoms with Gasteiger partial charge < -0.3 is 5.11 Å². The third-order valence-electron chi connectivity index (χ3n) is 5.10. The first-order valence-corrected chi connectivity index (χ1v) is 8.95. The van der Waals surface area contributed by atoms with E-state index in [1.807, 2.05) is 19.2 Å². The van der Waals surface area contributed by atoms with Crippen LogP contribution in [0.5, 0.6) is 0 Å². The monoisotopic (exact) mass is 338 g/mol. The van der Waals surface area contributed by atoms with E-state index in [0.717, 1.165) is 36.2 Å². The maximum absolute atomic E-state index is 11.9. The Labute approximate surface area is 149 Å². The number of hydrogen-bond donors (Lipinski definition) is 1. The van der Waals surface area contributed by atoms with E-state index in [1.54, 1.807) is 0 Å². The number of aryl methyl sites for hydroxylation is 3. The molecule has 0 saturated carbocycles. The van der Waals surface area contributed by atoms with Gasteiger partial charge in [-0.15, -0.1) is 0 Å². The summed E-state index contributed by atoms with van der Waals surface area (Å²) < 4.78 is 0. The highest BCUT2D eigenvalue weighted by Crippen LogP contribution is 2.35. The van der Waals surface area contributed by atoms with E-state index in [4.69, 9.17) is 0 Å². The van der Waals surface area contributed by atoms with Crippen molar-refractivity contribution in [2.24, 2.45) is 0 Å². The summed E-state index contributed by atoms with van der Waals surface area (Å²) in [5, 5.41) is 9.76. The first kappa shape index (κ1) is 17.6. The van der Waals surface area contributed by atoms with Crippen LogP contribution in [0.25, 0.3) is 0 Å². The van der Waals surface area contributed by atoms with Crippen LogP contribution < -0.4 is 0 Å². The van der Waals surface area contributed by atoms with Gasteiger partial charge in [0.1, 0.15) is 6.04 Å². The third kappa shape index (κ3) is 3.74. The second-order valence-corrected chi connectivity index (χ2v) is 7.11. The maximum atomic E-state index is 11.9. The molecule has 2 aromatic rings. The number of aromatic nitrogens is 1. The summed E-state index contributed by atoms with van der Waals surface area (Å²) in [4.78, 5) is 18.7. The van der Waals surface area contributed by atoms with Crippen LogP contribution >= 0.6 is 0 Å². The molecule has 0 aliphatic carbocycles. The predicted molar refractivity (Wildman–Crippen MR) is 98.7 cm³/mol. The lowest BCUT2D eigenvalue weighted by molar-refractivity contribution is -0.145. The van der Waals surface area contributed by atoms with Gasteiger partial charge in [0.15, 0.2) is 0 Å². The minimum atomic E-state index is -0.734. The summed E-state index contributed by atoms with van der Waals surface area (Å²) in [7, 11) is 0. The van der Waals surface area contributed by atoms with Crippen molar-refractivity contribution in [1.29, 1.82) is 0 Å². The van der Waals surface area contributed by atoms with Crippen LogP contribution in [-0.2, 0) is 4.79 Å². The Morgan fingerprint density at radius 1 is 1.16 bits per heavy atom. The summed E-state index contributed by atoms with van der Waals surface area (Å²) in [6.45, 7) is 6.97. The average molecular weight is 338 g/mol. The standard InChI is InChI=1S/C21H26N2O2/c1-14-7-9-16(3)17(12-14)20(18-10-8-15(2)13-22-18)23-11-5-4-6-19(23)21(24)25/h7-10,12-13,19-20H,4-6,11H2,1-3H3,(H,24,25). The van der Waals surface area contributed by atoms with E-state index in [0.29, 0.717) is 6.42 Å². The maximum Gasteiger partial charge on any atom is 0.320 e. The first-order valence-electron chi connectivity index (χ1n) is 8.95. The van der Waals surface area contributed by atoms with E-state index in [9.17, 15) is 9.90 Å². The Balaban J connectivity index is 2.12. The number of pyridine rings is 1. The summed E-state index contributed by atoms with van der Waals surface area (Å²) >= 11 is 0. The highest BCUT2D eigenvalue weighted by atomic mass is 16.4. The molecule has 1 aromatic heterocycles. The predicted octanol–water partition coefficient (Wildman–Crippen LogP) is 4.04. The number of likely N-dealkylation sites (tertiary alicyclic amines) is 1. The normalized spacial score (nSPS) is 19.6. The second-order valence-electron chi connectivity index (χ2n) is 7.11. The molecule has 132 valence electrons. The molecule has 1 aliphatic rings. The van der Waals surface area contributed by atoms with Gasteiger partial charge in [0.25, 0.3) is 0 Å². The fourth-order valence-electron chi connectivity index (χ4n) is 3.73. The van der Waals surface area contributed by atoms with Crippen molar-refractivity contribution < 1.29 is 9.90 Å². The topological polar surface area (TPSA) is 53.4 Å². The Morgan fingerprint density at radius 2 is 1.92 bits per heavy atom. The van der Waals surface area contributed by atoms with Gasteiger partial charge in [-0.25, -0.2) is 0 Å². The fraction of sp³-hybridized carbons (Fsp3) is 0.429. The van der Waals surface area contributed by atoms with E-state index < -0.39 is 12.0 Å². The number of carboxylic acids is 1. The molecular formula is C21H26N2O2. The average Bonchev–Trinajstić information content (AvgIpc) is 2.60. The zero-order valence-electron chi connectivity index (χ0n) is 15.2. The minimum Gasteiger partial charge on any atom is -0.480 e. The SMILES string of the molecule is Cc1ccc(C(c2cc(C)ccc2C)N2CCCCC2C(=O)O)nc1. The van der Waals surface area contributed by atoms with E-state index in [1.165, 1.54) is 11.1 Å². The number of benzene rings is 1. The van der Waals surface area contributed by atoms with Crippen LogP contribution in [0.1, 0.15) is 53.3 Å². The molecule has 1 fully saturated rings. The summed E-state index contributed by atoms with van der Waals surface area (Å²) in [5.74, 6) is -0.734. The number of hydrogen-bond acceptors (Lipinski definition) is 3. The van der Waals surface area contributed by atoms with Crippen LogP contribution in [0.4, 0.5) is 0 Å². The lowest BCUT2D eigenvalue weighted by atomic mass is 9.91. The Kier molecular flexibility index (Phi) is 5.19. The van der Waals surface area contributed by atoms with Crippen molar-refractivity contribution in [3.05, 3.63) is 64.5 Å². The van der Waals surface area contributed by atoms with Crippen LogP contribution in [0, 0.1) is 20.8 Å². The molecule has 0 radical (unpaired) electrons. The summed E-state index contributed by atoms with van der Waals surface area (Å²) in [5.41, 5.74) is 5.54. The highest BCUT2D eigenvalue weighted by Gasteiger charge is 2.36. The van der Waals surface area contributed by atoms with E-state index >= 15 is 0 Å². The van der Waals surface area contributed by atoms with E-state index in [2.05, 4.69) is 48.0 Å². The number of rotatable bonds is 4. The van der Waals surface area contributed by atoms with Gasteiger partial charge in [-0.3, -0.25) is 14.7 Å². The lowest BCUT2D eigenvalue weighted by Gasteiger charge is -2.39. The van der Waals surface area contributed by atoms with Crippen molar-refractivity contribution in [3.8, 4) is 0 Å². The molecule has 25 heavy (non-hydrogen) atoms.